The minimum Gasteiger partial charge on any atom is -0.383 e. The highest BCUT2D eigenvalue weighted by molar-refractivity contribution is 5.60. The normalized spacial score (nSPS) is 10.8. The highest BCUT2D eigenvalue weighted by atomic mass is 16.5. The Morgan fingerprint density at radius 1 is 1.43 bits per heavy atom. The van der Waals surface area contributed by atoms with Gasteiger partial charge in [-0.2, -0.15) is 0 Å². The number of hydrogen-bond donors (Lipinski definition) is 2. The number of unbranched alkanes of at least 4 members (excludes halogenated alkanes) is 1. The lowest BCUT2D eigenvalue weighted by atomic mass is 10.3. The summed E-state index contributed by atoms with van der Waals surface area (Å²) in [5.74, 6) is 0.153. The van der Waals surface area contributed by atoms with Gasteiger partial charge in [0.25, 0.3) is 5.56 Å². The molecule has 0 bridgehead atoms. The van der Waals surface area contributed by atoms with E-state index < -0.39 is 11.2 Å². The van der Waals surface area contributed by atoms with E-state index in [9.17, 15) is 9.59 Å². The van der Waals surface area contributed by atoms with Crippen LogP contribution in [0.4, 0.5) is 11.5 Å². The highest BCUT2D eigenvalue weighted by Crippen LogP contribution is 2.12. The van der Waals surface area contributed by atoms with E-state index in [-0.39, 0.29) is 11.5 Å². The Morgan fingerprint density at radius 3 is 2.81 bits per heavy atom. The maximum Gasteiger partial charge on any atom is 0.332 e. The zero-order chi connectivity index (χ0) is 15.4. The lowest BCUT2D eigenvalue weighted by molar-refractivity contribution is 0.412. The number of nitrogens with one attached hydrogen (secondary N) is 1. The molecule has 8 heteroatoms. The SMILES string of the molecule is CCCCn1c(N)c(NCc2ccon2)c(=O)n(C)c1=O. The Bertz CT molecular complexity index is 715. The van der Waals surface area contributed by atoms with Crippen molar-refractivity contribution in [3.8, 4) is 0 Å². The lowest BCUT2D eigenvalue weighted by Crippen LogP contribution is -2.40. The highest BCUT2D eigenvalue weighted by Gasteiger charge is 2.15. The summed E-state index contributed by atoms with van der Waals surface area (Å²) < 4.78 is 7.19. The van der Waals surface area contributed by atoms with Crippen LogP contribution in [0, 0.1) is 0 Å². The third-order valence-corrected chi connectivity index (χ3v) is 3.26. The largest absolute Gasteiger partial charge is 0.383 e. The molecule has 0 saturated carbocycles. The zero-order valence-electron chi connectivity index (χ0n) is 12.1. The first-order valence-corrected chi connectivity index (χ1v) is 6.78. The van der Waals surface area contributed by atoms with E-state index in [1.165, 1.54) is 17.9 Å². The van der Waals surface area contributed by atoms with Crippen LogP contribution in [0.25, 0.3) is 0 Å². The molecule has 0 atom stereocenters. The van der Waals surface area contributed by atoms with Crippen LogP contribution in [0.5, 0.6) is 0 Å². The molecule has 0 unspecified atom stereocenters. The maximum atomic E-state index is 12.2. The fourth-order valence-electron chi connectivity index (χ4n) is 1.99. The minimum atomic E-state index is -0.450. The molecule has 0 aliphatic rings. The molecule has 0 amide bonds. The third-order valence-electron chi connectivity index (χ3n) is 3.26. The molecule has 0 fully saturated rings. The first-order valence-electron chi connectivity index (χ1n) is 6.78. The van der Waals surface area contributed by atoms with Crippen LogP contribution in [-0.2, 0) is 20.1 Å². The van der Waals surface area contributed by atoms with E-state index in [1.807, 2.05) is 6.92 Å². The average Bonchev–Trinajstić information content (AvgIpc) is 2.98. The van der Waals surface area contributed by atoms with Crippen molar-refractivity contribution in [3.05, 3.63) is 38.9 Å². The Labute approximate surface area is 121 Å². The van der Waals surface area contributed by atoms with Gasteiger partial charge in [0.1, 0.15) is 23.5 Å². The number of hydrogen-bond acceptors (Lipinski definition) is 6. The van der Waals surface area contributed by atoms with Crippen molar-refractivity contribution in [1.82, 2.24) is 14.3 Å². The Morgan fingerprint density at radius 2 is 2.19 bits per heavy atom. The molecule has 2 heterocycles. The van der Waals surface area contributed by atoms with Crippen LogP contribution in [0.1, 0.15) is 25.5 Å². The molecule has 0 spiro atoms. The summed E-state index contributed by atoms with van der Waals surface area (Å²) in [5, 5.41) is 6.67. The summed E-state index contributed by atoms with van der Waals surface area (Å²) in [6, 6.07) is 1.68. The number of anilines is 2. The van der Waals surface area contributed by atoms with Crippen molar-refractivity contribution in [2.75, 3.05) is 11.1 Å². The monoisotopic (exact) mass is 293 g/mol. The molecule has 0 saturated heterocycles. The average molecular weight is 293 g/mol. The molecule has 2 aromatic rings. The Kier molecular flexibility index (Phi) is 4.46. The summed E-state index contributed by atoms with van der Waals surface area (Å²) in [6.07, 6.45) is 3.18. The van der Waals surface area contributed by atoms with Crippen molar-refractivity contribution in [2.45, 2.75) is 32.9 Å². The first kappa shape index (κ1) is 14.9. The van der Waals surface area contributed by atoms with Crippen LogP contribution < -0.4 is 22.3 Å². The van der Waals surface area contributed by atoms with Gasteiger partial charge in [-0.3, -0.25) is 13.9 Å². The van der Waals surface area contributed by atoms with E-state index in [0.29, 0.717) is 18.8 Å². The van der Waals surface area contributed by atoms with Gasteiger partial charge in [-0.1, -0.05) is 18.5 Å². The lowest BCUT2D eigenvalue weighted by Gasteiger charge is -2.15. The molecule has 0 aliphatic heterocycles. The molecule has 21 heavy (non-hydrogen) atoms. The molecule has 8 nitrogen and oxygen atoms in total. The summed E-state index contributed by atoms with van der Waals surface area (Å²) >= 11 is 0. The summed E-state index contributed by atoms with van der Waals surface area (Å²) in [4.78, 5) is 24.3. The van der Waals surface area contributed by atoms with Crippen LogP contribution >= 0.6 is 0 Å². The zero-order valence-corrected chi connectivity index (χ0v) is 12.1. The molecular formula is C13H19N5O3. The van der Waals surface area contributed by atoms with Gasteiger partial charge in [-0.15, -0.1) is 0 Å². The number of nitrogens with two attached hydrogens (primary N) is 1. The third kappa shape index (κ3) is 2.99. The molecule has 0 aliphatic carbocycles. The second-order valence-electron chi connectivity index (χ2n) is 4.76. The van der Waals surface area contributed by atoms with Crippen LogP contribution in [0.2, 0.25) is 0 Å². The molecule has 0 radical (unpaired) electrons. The topological polar surface area (TPSA) is 108 Å². The maximum absolute atomic E-state index is 12.2. The van der Waals surface area contributed by atoms with Gasteiger partial charge in [0.05, 0.1) is 6.54 Å². The van der Waals surface area contributed by atoms with Crippen molar-refractivity contribution < 1.29 is 4.52 Å². The number of rotatable bonds is 6. The number of nitrogens with zero attached hydrogens (tertiary/aromatic N) is 3. The van der Waals surface area contributed by atoms with E-state index in [0.717, 1.165) is 17.4 Å². The van der Waals surface area contributed by atoms with Gasteiger partial charge < -0.3 is 15.6 Å². The summed E-state index contributed by atoms with van der Waals surface area (Å²) in [6.45, 7) is 2.79. The molecular weight excluding hydrogens is 274 g/mol. The van der Waals surface area contributed by atoms with Gasteiger partial charge in [-0.05, 0) is 6.42 Å². The fraction of sp³-hybridized carbons (Fsp3) is 0.462. The van der Waals surface area contributed by atoms with Gasteiger partial charge in [0.2, 0.25) is 0 Å². The predicted molar refractivity (Wildman–Crippen MR) is 79.1 cm³/mol. The molecule has 114 valence electrons. The van der Waals surface area contributed by atoms with Gasteiger partial charge in [0, 0.05) is 19.7 Å². The summed E-state index contributed by atoms with van der Waals surface area (Å²) in [5.41, 5.74) is 5.97. The van der Waals surface area contributed by atoms with Gasteiger partial charge in [0.15, 0.2) is 0 Å². The second-order valence-corrected chi connectivity index (χ2v) is 4.76. The van der Waals surface area contributed by atoms with Crippen molar-refractivity contribution >= 4 is 11.5 Å². The first-order chi connectivity index (χ1) is 10.1. The van der Waals surface area contributed by atoms with E-state index in [2.05, 4.69) is 10.5 Å². The minimum absolute atomic E-state index is 0.153. The molecule has 0 aromatic carbocycles. The van der Waals surface area contributed by atoms with E-state index in [4.69, 9.17) is 10.3 Å². The van der Waals surface area contributed by atoms with Crippen molar-refractivity contribution in [1.29, 1.82) is 0 Å². The Balaban J connectivity index is 2.37. The van der Waals surface area contributed by atoms with Crippen LogP contribution in [-0.4, -0.2) is 14.3 Å². The Hall–Kier alpha value is -2.51. The van der Waals surface area contributed by atoms with Crippen LogP contribution in [0.3, 0.4) is 0 Å². The number of nitrogen functional groups attached to an aromatic ring is 1. The molecule has 3 N–H and O–H groups in total. The molecule has 2 aromatic heterocycles. The van der Waals surface area contributed by atoms with Crippen molar-refractivity contribution in [3.63, 3.8) is 0 Å². The quantitative estimate of drug-likeness (QED) is 0.804. The van der Waals surface area contributed by atoms with Crippen LogP contribution in [0.15, 0.2) is 26.4 Å². The van der Waals surface area contributed by atoms with Gasteiger partial charge in [-0.25, -0.2) is 4.79 Å². The fourth-order valence-corrected chi connectivity index (χ4v) is 1.99. The standard InChI is InChI=1S/C13H19N5O3/c1-3-4-6-18-11(14)10(12(19)17(2)13(18)20)15-8-9-5-7-21-16-9/h5,7,15H,3-4,6,8,14H2,1-2H3. The van der Waals surface area contributed by atoms with E-state index in [1.54, 1.807) is 6.07 Å². The predicted octanol–water partition coefficient (Wildman–Crippen LogP) is 0.529. The molecule has 2 rings (SSSR count). The second kappa shape index (κ2) is 6.29. The number of aromatic nitrogens is 3. The van der Waals surface area contributed by atoms with Crippen molar-refractivity contribution in [2.24, 2.45) is 7.05 Å². The summed E-state index contributed by atoms with van der Waals surface area (Å²) in [7, 11) is 1.44. The smallest absolute Gasteiger partial charge is 0.332 e. The van der Waals surface area contributed by atoms with Gasteiger partial charge >= 0.3 is 5.69 Å². The van der Waals surface area contributed by atoms with E-state index >= 15 is 0 Å².